The lowest BCUT2D eigenvalue weighted by Gasteiger charge is -2.03. The van der Waals surface area contributed by atoms with Crippen LogP contribution in [0.4, 0.5) is 4.39 Å². The number of hydrogen-bond acceptors (Lipinski definition) is 4. The summed E-state index contributed by atoms with van der Waals surface area (Å²) in [6.45, 7) is 3.15. The Morgan fingerprint density at radius 1 is 1.33 bits per heavy atom. The van der Waals surface area contributed by atoms with E-state index >= 15 is 0 Å². The van der Waals surface area contributed by atoms with Crippen LogP contribution in [0, 0.1) is 12.7 Å². The van der Waals surface area contributed by atoms with Crippen molar-refractivity contribution in [1.82, 2.24) is 15.1 Å². The number of aryl methyl sites for hydroxylation is 1. The molecule has 5 nitrogen and oxygen atoms in total. The van der Waals surface area contributed by atoms with E-state index in [1.54, 1.807) is 16.8 Å². The summed E-state index contributed by atoms with van der Waals surface area (Å²) in [4.78, 5) is 13.8. The number of benzene rings is 1. The van der Waals surface area contributed by atoms with Crippen molar-refractivity contribution >= 4 is 27.5 Å². The molecule has 0 unspecified atom stereocenters. The molecular weight excluding hydrogens is 327 g/mol. The highest BCUT2D eigenvalue weighted by atomic mass is 32.1. The molecule has 3 aromatic rings. The van der Waals surface area contributed by atoms with E-state index in [-0.39, 0.29) is 11.7 Å². The molecule has 0 radical (unpaired) electrons. The van der Waals surface area contributed by atoms with Gasteiger partial charge >= 0.3 is 0 Å². The number of nitrogens with one attached hydrogen (secondary N) is 1. The van der Waals surface area contributed by atoms with Gasteiger partial charge in [0.1, 0.15) is 10.6 Å². The number of carbonyl (C=O) groups is 1. The van der Waals surface area contributed by atoms with Gasteiger partial charge in [0, 0.05) is 11.9 Å². The third-order valence-corrected chi connectivity index (χ3v) is 4.87. The first-order chi connectivity index (χ1) is 11.6. The molecule has 0 atom stereocenters. The second-order valence-electron chi connectivity index (χ2n) is 5.55. The largest absolute Gasteiger partial charge is 0.351 e. The summed E-state index contributed by atoms with van der Waals surface area (Å²) < 4.78 is 14.9. The van der Waals surface area contributed by atoms with Crippen LogP contribution in [0.5, 0.6) is 0 Å². The van der Waals surface area contributed by atoms with Gasteiger partial charge in [-0.25, -0.2) is 9.07 Å². The van der Waals surface area contributed by atoms with Crippen LogP contribution in [0.3, 0.4) is 0 Å². The monoisotopic (exact) mass is 346 g/mol. The predicted molar refractivity (Wildman–Crippen MR) is 94.3 cm³/mol. The summed E-state index contributed by atoms with van der Waals surface area (Å²) in [5.41, 5.74) is 7.06. The predicted octanol–water partition coefficient (Wildman–Crippen LogP) is 3.00. The van der Waals surface area contributed by atoms with E-state index in [0.29, 0.717) is 18.0 Å². The van der Waals surface area contributed by atoms with Crippen molar-refractivity contribution in [2.75, 3.05) is 13.1 Å². The van der Waals surface area contributed by atoms with Gasteiger partial charge in [-0.2, -0.15) is 5.10 Å². The van der Waals surface area contributed by atoms with Crippen LogP contribution in [-0.2, 0) is 0 Å². The van der Waals surface area contributed by atoms with Gasteiger partial charge in [0.25, 0.3) is 5.91 Å². The molecule has 0 aliphatic heterocycles. The van der Waals surface area contributed by atoms with Gasteiger partial charge in [-0.1, -0.05) is 0 Å². The van der Waals surface area contributed by atoms with E-state index in [2.05, 4.69) is 10.4 Å². The molecule has 24 heavy (non-hydrogen) atoms. The zero-order chi connectivity index (χ0) is 17.1. The van der Waals surface area contributed by atoms with E-state index in [4.69, 9.17) is 5.73 Å². The van der Waals surface area contributed by atoms with E-state index in [9.17, 15) is 9.18 Å². The Bertz CT molecular complexity index is 853. The minimum Gasteiger partial charge on any atom is -0.351 e. The molecule has 0 spiro atoms. The topological polar surface area (TPSA) is 72.9 Å². The van der Waals surface area contributed by atoms with Crippen molar-refractivity contribution in [3.05, 3.63) is 46.7 Å². The fourth-order valence-corrected chi connectivity index (χ4v) is 3.57. The van der Waals surface area contributed by atoms with Crippen LogP contribution in [0.15, 0.2) is 30.3 Å². The highest BCUT2D eigenvalue weighted by molar-refractivity contribution is 7.20. The summed E-state index contributed by atoms with van der Waals surface area (Å²) in [5, 5.41) is 8.34. The molecule has 126 valence electrons. The van der Waals surface area contributed by atoms with Crippen LogP contribution < -0.4 is 11.1 Å². The average molecular weight is 346 g/mol. The van der Waals surface area contributed by atoms with E-state index in [1.807, 2.05) is 13.0 Å². The molecule has 2 aromatic heterocycles. The molecule has 1 aromatic carbocycles. The Morgan fingerprint density at radius 3 is 2.79 bits per heavy atom. The number of unbranched alkanes of at least 4 members (excludes halogenated alkanes) is 1. The highest BCUT2D eigenvalue weighted by Gasteiger charge is 2.17. The van der Waals surface area contributed by atoms with Crippen molar-refractivity contribution < 1.29 is 9.18 Å². The van der Waals surface area contributed by atoms with E-state index in [0.717, 1.165) is 34.4 Å². The number of amides is 1. The van der Waals surface area contributed by atoms with Crippen LogP contribution in [-0.4, -0.2) is 28.8 Å². The Balaban J connectivity index is 1.87. The summed E-state index contributed by atoms with van der Waals surface area (Å²) in [7, 11) is 0. The third-order valence-electron chi connectivity index (χ3n) is 3.76. The van der Waals surface area contributed by atoms with Gasteiger partial charge in [-0.3, -0.25) is 4.79 Å². The molecule has 0 fully saturated rings. The molecular formula is C17H19FN4OS. The number of carbonyl (C=O) groups excluding carboxylic acids is 1. The smallest absolute Gasteiger partial charge is 0.261 e. The first-order valence-electron chi connectivity index (χ1n) is 7.83. The summed E-state index contributed by atoms with van der Waals surface area (Å²) in [6.07, 6.45) is 1.76. The lowest BCUT2D eigenvalue weighted by atomic mass is 10.3. The van der Waals surface area contributed by atoms with Gasteiger partial charge in [0.15, 0.2) is 0 Å². The third kappa shape index (κ3) is 3.32. The lowest BCUT2D eigenvalue weighted by Crippen LogP contribution is -2.24. The number of thiophene rings is 1. The Morgan fingerprint density at radius 2 is 2.08 bits per heavy atom. The number of nitrogens with two attached hydrogens (primary N) is 1. The van der Waals surface area contributed by atoms with E-state index in [1.165, 1.54) is 23.5 Å². The molecule has 3 N–H and O–H groups in total. The Labute approximate surface area is 143 Å². The number of aromatic nitrogens is 2. The maximum atomic E-state index is 13.1. The van der Waals surface area contributed by atoms with Gasteiger partial charge in [-0.05, 0) is 56.6 Å². The van der Waals surface area contributed by atoms with E-state index < -0.39 is 0 Å². The second kappa shape index (κ2) is 7.11. The molecule has 0 bridgehead atoms. The maximum absolute atomic E-state index is 13.1. The van der Waals surface area contributed by atoms with Crippen molar-refractivity contribution in [2.45, 2.75) is 19.8 Å². The number of rotatable bonds is 6. The molecule has 0 aliphatic rings. The SMILES string of the molecule is Cc1nn(-c2ccc(F)cc2)c2sc(C(=O)NCCCCN)cc12. The zero-order valence-corrected chi connectivity index (χ0v) is 14.2. The standard InChI is InChI=1S/C17H19FN4OS/c1-11-14-10-15(16(23)20-9-3-2-8-19)24-17(14)22(21-11)13-6-4-12(18)5-7-13/h4-7,10H,2-3,8-9,19H2,1H3,(H,20,23). The van der Waals surface area contributed by atoms with Crippen LogP contribution in [0.2, 0.25) is 0 Å². The molecule has 7 heteroatoms. The van der Waals surface area contributed by atoms with Crippen molar-refractivity contribution in [2.24, 2.45) is 5.73 Å². The highest BCUT2D eigenvalue weighted by Crippen LogP contribution is 2.30. The minimum atomic E-state index is -0.289. The van der Waals surface area contributed by atoms with Gasteiger partial charge < -0.3 is 11.1 Å². The summed E-state index contributed by atoms with van der Waals surface area (Å²) in [6, 6.07) is 8.01. The molecule has 0 saturated carbocycles. The van der Waals surface area contributed by atoms with Crippen LogP contribution >= 0.6 is 11.3 Å². The minimum absolute atomic E-state index is 0.0849. The fourth-order valence-electron chi connectivity index (χ4n) is 2.47. The second-order valence-corrected chi connectivity index (χ2v) is 6.59. The van der Waals surface area contributed by atoms with Gasteiger partial charge in [0.05, 0.1) is 16.3 Å². The lowest BCUT2D eigenvalue weighted by molar-refractivity contribution is 0.0957. The van der Waals surface area contributed by atoms with Crippen molar-refractivity contribution in [1.29, 1.82) is 0 Å². The number of fused-ring (bicyclic) bond motifs is 1. The molecule has 3 rings (SSSR count). The molecule has 0 aliphatic carbocycles. The molecule has 0 saturated heterocycles. The molecule has 2 heterocycles. The summed E-state index contributed by atoms with van der Waals surface area (Å²) in [5.74, 6) is -0.374. The Kier molecular flexibility index (Phi) is 4.92. The molecule has 1 amide bonds. The number of hydrogen-bond donors (Lipinski definition) is 2. The number of halogens is 1. The summed E-state index contributed by atoms with van der Waals surface area (Å²) >= 11 is 1.39. The quantitative estimate of drug-likeness (QED) is 0.674. The van der Waals surface area contributed by atoms with Crippen LogP contribution in [0.1, 0.15) is 28.2 Å². The Hall–Kier alpha value is -2.25. The first-order valence-corrected chi connectivity index (χ1v) is 8.65. The fraction of sp³-hybridized carbons (Fsp3) is 0.294. The van der Waals surface area contributed by atoms with Crippen molar-refractivity contribution in [3.63, 3.8) is 0 Å². The normalized spacial score (nSPS) is 11.1. The zero-order valence-electron chi connectivity index (χ0n) is 13.4. The van der Waals surface area contributed by atoms with Gasteiger partial charge in [-0.15, -0.1) is 11.3 Å². The maximum Gasteiger partial charge on any atom is 0.261 e. The average Bonchev–Trinajstić information content (AvgIpc) is 3.13. The van der Waals surface area contributed by atoms with Crippen LogP contribution in [0.25, 0.3) is 15.9 Å². The van der Waals surface area contributed by atoms with Gasteiger partial charge in [0.2, 0.25) is 0 Å². The number of nitrogens with zero attached hydrogens (tertiary/aromatic N) is 2. The van der Waals surface area contributed by atoms with Crippen molar-refractivity contribution in [3.8, 4) is 5.69 Å². The first kappa shape index (κ1) is 16.6.